The molecule has 2 nitrogen and oxygen atoms in total. The second-order valence-corrected chi connectivity index (χ2v) is 8.18. The molecule has 2 unspecified atom stereocenters. The summed E-state index contributed by atoms with van der Waals surface area (Å²) >= 11 is 0.103. The van der Waals surface area contributed by atoms with Crippen molar-refractivity contribution in [3.63, 3.8) is 0 Å². The third-order valence-corrected chi connectivity index (χ3v) is 4.99. The minimum atomic E-state index is -4.11. The lowest BCUT2D eigenvalue weighted by Crippen LogP contribution is -2.61. The SMILES string of the molecule is CC(C)(C)C1CNC(C2CC2)CN1CCSC(F)(F)F. The van der Waals surface area contributed by atoms with Crippen molar-refractivity contribution < 1.29 is 13.2 Å². The number of hydrogen-bond acceptors (Lipinski definition) is 3. The largest absolute Gasteiger partial charge is 0.441 e. The molecule has 1 saturated heterocycles. The summed E-state index contributed by atoms with van der Waals surface area (Å²) in [5.41, 5.74) is -4.02. The molecule has 2 rings (SSSR count). The molecule has 6 heteroatoms. The molecule has 0 aromatic rings. The number of nitrogens with zero attached hydrogens (tertiary/aromatic N) is 1. The van der Waals surface area contributed by atoms with Crippen molar-refractivity contribution >= 4 is 11.8 Å². The summed E-state index contributed by atoms with van der Waals surface area (Å²) in [6, 6.07) is 0.788. The molecule has 1 aliphatic heterocycles. The molecule has 0 aromatic carbocycles. The van der Waals surface area contributed by atoms with Gasteiger partial charge in [-0.1, -0.05) is 20.8 Å². The zero-order valence-corrected chi connectivity index (χ0v) is 13.3. The van der Waals surface area contributed by atoms with Crippen molar-refractivity contribution in [3.05, 3.63) is 0 Å². The van der Waals surface area contributed by atoms with Gasteiger partial charge in [0.05, 0.1) is 0 Å². The van der Waals surface area contributed by atoms with E-state index in [1.165, 1.54) is 12.8 Å². The third kappa shape index (κ3) is 4.81. The summed E-state index contributed by atoms with van der Waals surface area (Å²) in [4.78, 5) is 2.28. The van der Waals surface area contributed by atoms with Crippen LogP contribution in [-0.4, -0.2) is 47.9 Å². The normalized spacial score (nSPS) is 29.7. The summed E-state index contributed by atoms with van der Waals surface area (Å²) in [5, 5.41) is 3.60. The Morgan fingerprint density at radius 2 is 1.85 bits per heavy atom. The van der Waals surface area contributed by atoms with Crippen LogP contribution >= 0.6 is 11.8 Å². The molecular formula is C14H25F3N2S. The van der Waals surface area contributed by atoms with E-state index in [1.54, 1.807) is 0 Å². The fourth-order valence-corrected chi connectivity index (χ4v) is 3.59. The molecule has 2 aliphatic rings. The maximum atomic E-state index is 12.3. The minimum Gasteiger partial charge on any atom is -0.311 e. The topological polar surface area (TPSA) is 15.3 Å². The van der Waals surface area contributed by atoms with Gasteiger partial charge in [-0.15, -0.1) is 0 Å². The number of rotatable bonds is 4. The number of piperazine rings is 1. The van der Waals surface area contributed by atoms with E-state index in [2.05, 4.69) is 31.0 Å². The first kappa shape index (κ1) is 16.4. The van der Waals surface area contributed by atoms with Crippen LogP contribution < -0.4 is 5.32 Å². The van der Waals surface area contributed by atoms with Crippen LogP contribution in [0.25, 0.3) is 0 Å². The predicted octanol–water partition coefficient (Wildman–Crippen LogP) is 3.34. The van der Waals surface area contributed by atoms with Crippen LogP contribution in [-0.2, 0) is 0 Å². The molecule has 2 atom stereocenters. The number of nitrogens with one attached hydrogen (secondary N) is 1. The smallest absolute Gasteiger partial charge is 0.311 e. The van der Waals surface area contributed by atoms with Crippen molar-refractivity contribution in [3.8, 4) is 0 Å². The second-order valence-electron chi connectivity index (χ2n) is 7.02. The number of alkyl halides is 3. The fourth-order valence-electron chi connectivity index (χ4n) is 3.03. The van der Waals surface area contributed by atoms with Gasteiger partial charge in [-0.2, -0.15) is 13.2 Å². The quantitative estimate of drug-likeness (QED) is 0.857. The lowest BCUT2D eigenvalue weighted by atomic mass is 9.83. The van der Waals surface area contributed by atoms with Crippen molar-refractivity contribution in [2.24, 2.45) is 11.3 Å². The van der Waals surface area contributed by atoms with Gasteiger partial charge >= 0.3 is 5.51 Å². The van der Waals surface area contributed by atoms with Gasteiger partial charge in [0, 0.05) is 37.5 Å². The molecule has 0 radical (unpaired) electrons. The second kappa shape index (κ2) is 6.05. The summed E-state index contributed by atoms with van der Waals surface area (Å²) in [6.07, 6.45) is 2.53. The van der Waals surface area contributed by atoms with Gasteiger partial charge in [-0.3, -0.25) is 4.90 Å². The minimum absolute atomic E-state index is 0.0877. The Kier molecular flexibility index (Phi) is 4.97. The average Bonchev–Trinajstić information content (AvgIpc) is 3.09. The van der Waals surface area contributed by atoms with E-state index < -0.39 is 5.51 Å². The van der Waals surface area contributed by atoms with Crippen LogP contribution in [0.2, 0.25) is 0 Å². The average molecular weight is 310 g/mol. The Morgan fingerprint density at radius 3 is 2.35 bits per heavy atom. The number of hydrogen-bond donors (Lipinski definition) is 1. The highest BCUT2D eigenvalue weighted by Crippen LogP contribution is 2.37. The van der Waals surface area contributed by atoms with Crippen molar-refractivity contribution in [2.75, 3.05) is 25.4 Å². The molecule has 1 N–H and O–H groups in total. The zero-order chi connectivity index (χ0) is 15.0. The molecule has 0 spiro atoms. The van der Waals surface area contributed by atoms with Crippen LogP contribution in [0.3, 0.4) is 0 Å². The Bertz CT molecular complexity index is 323. The lowest BCUT2D eigenvalue weighted by Gasteiger charge is -2.46. The summed E-state index contributed by atoms with van der Waals surface area (Å²) < 4.78 is 36.9. The van der Waals surface area contributed by atoms with Gasteiger partial charge < -0.3 is 5.32 Å². The van der Waals surface area contributed by atoms with Crippen LogP contribution in [0.5, 0.6) is 0 Å². The summed E-state index contributed by atoms with van der Waals surface area (Å²) in [6.45, 7) is 8.81. The molecule has 2 fully saturated rings. The van der Waals surface area contributed by atoms with Gasteiger partial charge in [0.15, 0.2) is 0 Å². The van der Waals surface area contributed by atoms with Gasteiger partial charge in [0.25, 0.3) is 0 Å². The molecule has 0 aromatic heterocycles. The number of halogens is 3. The third-order valence-electron chi connectivity index (χ3n) is 4.28. The van der Waals surface area contributed by atoms with Crippen molar-refractivity contribution in [1.29, 1.82) is 0 Å². The van der Waals surface area contributed by atoms with Gasteiger partial charge in [-0.25, -0.2) is 0 Å². The maximum Gasteiger partial charge on any atom is 0.441 e. The van der Waals surface area contributed by atoms with E-state index in [9.17, 15) is 13.2 Å². The van der Waals surface area contributed by atoms with E-state index in [-0.39, 0.29) is 22.9 Å². The maximum absolute atomic E-state index is 12.3. The Labute approximate surface area is 123 Å². The van der Waals surface area contributed by atoms with E-state index in [4.69, 9.17) is 0 Å². The zero-order valence-electron chi connectivity index (χ0n) is 12.5. The Morgan fingerprint density at radius 1 is 1.20 bits per heavy atom. The van der Waals surface area contributed by atoms with Crippen molar-refractivity contribution in [2.45, 2.75) is 51.2 Å². The molecule has 20 heavy (non-hydrogen) atoms. The fraction of sp³-hybridized carbons (Fsp3) is 1.00. The van der Waals surface area contributed by atoms with E-state index in [0.717, 1.165) is 19.0 Å². The molecule has 0 amide bonds. The Hall–Kier alpha value is 0.0600. The molecule has 1 aliphatic carbocycles. The Balaban J connectivity index is 1.91. The van der Waals surface area contributed by atoms with Gasteiger partial charge in [-0.05, 0) is 35.9 Å². The van der Waals surface area contributed by atoms with Crippen LogP contribution in [0.15, 0.2) is 0 Å². The molecule has 118 valence electrons. The van der Waals surface area contributed by atoms with E-state index in [0.29, 0.717) is 18.6 Å². The lowest BCUT2D eigenvalue weighted by molar-refractivity contribution is -0.0330. The predicted molar refractivity (Wildman–Crippen MR) is 77.8 cm³/mol. The highest BCUT2D eigenvalue weighted by atomic mass is 32.2. The molecule has 1 heterocycles. The highest BCUT2D eigenvalue weighted by molar-refractivity contribution is 8.00. The van der Waals surface area contributed by atoms with E-state index >= 15 is 0 Å². The standard InChI is InChI=1S/C14H25F3N2S/c1-13(2,3)12-8-18-11(10-4-5-10)9-19(12)6-7-20-14(15,16)17/h10-12,18H,4-9H2,1-3H3. The van der Waals surface area contributed by atoms with Gasteiger partial charge in [0.1, 0.15) is 0 Å². The first-order valence-corrected chi connectivity index (χ1v) is 8.33. The monoisotopic (exact) mass is 310 g/mol. The van der Waals surface area contributed by atoms with Crippen LogP contribution in [0.4, 0.5) is 13.2 Å². The van der Waals surface area contributed by atoms with Crippen LogP contribution in [0.1, 0.15) is 33.6 Å². The highest BCUT2D eigenvalue weighted by Gasteiger charge is 2.40. The number of thioether (sulfide) groups is 1. The summed E-state index contributed by atoms with van der Waals surface area (Å²) in [7, 11) is 0. The van der Waals surface area contributed by atoms with Crippen LogP contribution in [0, 0.1) is 11.3 Å². The van der Waals surface area contributed by atoms with Crippen molar-refractivity contribution in [1.82, 2.24) is 10.2 Å². The molecular weight excluding hydrogens is 285 g/mol. The first-order chi connectivity index (χ1) is 9.17. The van der Waals surface area contributed by atoms with Gasteiger partial charge in [0.2, 0.25) is 0 Å². The molecule has 0 bridgehead atoms. The molecule has 1 saturated carbocycles. The van der Waals surface area contributed by atoms with E-state index in [1.807, 2.05) is 0 Å². The summed E-state index contributed by atoms with van der Waals surface area (Å²) in [5.74, 6) is 0.877. The first-order valence-electron chi connectivity index (χ1n) is 7.35.